The van der Waals surface area contributed by atoms with Crippen molar-refractivity contribution in [1.29, 1.82) is 0 Å². The highest BCUT2D eigenvalue weighted by molar-refractivity contribution is 7.89. The van der Waals surface area contributed by atoms with E-state index < -0.39 is 35.0 Å². The van der Waals surface area contributed by atoms with Gasteiger partial charge < -0.3 is 20.7 Å². The molecule has 0 bridgehead atoms. The van der Waals surface area contributed by atoms with E-state index in [0.29, 0.717) is 23.8 Å². The quantitative estimate of drug-likeness (QED) is 0.236. The summed E-state index contributed by atoms with van der Waals surface area (Å²) in [6.45, 7) is 0. The SMILES string of the molecule is O=C(N[C@@H](CC1CC1)B(O)O)[C@H](Cc1ccccc1)NS(=O)(=O)c1ccc(Nc2ccccn2)cc1. The van der Waals surface area contributed by atoms with Gasteiger partial charge in [-0.15, -0.1) is 0 Å². The van der Waals surface area contributed by atoms with Crippen molar-refractivity contribution in [3.8, 4) is 0 Å². The first-order chi connectivity index (χ1) is 17.3. The van der Waals surface area contributed by atoms with Crippen LogP contribution in [0.2, 0.25) is 0 Å². The average molecular weight is 508 g/mol. The summed E-state index contributed by atoms with van der Waals surface area (Å²) < 4.78 is 28.9. The van der Waals surface area contributed by atoms with E-state index in [-0.39, 0.29) is 11.3 Å². The maximum Gasteiger partial charge on any atom is 0.475 e. The molecule has 36 heavy (non-hydrogen) atoms. The van der Waals surface area contributed by atoms with E-state index in [1.54, 1.807) is 54.7 Å². The van der Waals surface area contributed by atoms with E-state index in [1.165, 1.54) is 12.1 Å². The maximum absolute atomic E-state index is 13.2. The highest BCUT2D eigenvalue weighted by Gasteiger charge is 2.35. The van der Waals surface area contributed by atoms with Gasteiger partial charge in [-0.1, -0.05) is 49.2 Å². The molecule has 1 saturated carbocycles. The number of benzene rings is 2. The fourth-order valence-corrected chi connectivity index (χ4v) is 5.04. The lowest BCUT2D eigenvalue weighted by molar-refractivity contribution is -0.123. The Labute approximate surface area is 211 Å². The van der Waals surface area contributed by atoms with E-state index in [1.807, 2.05) is 12.1 Å². The monoisotopic (exact) mass is 508 g/mol. The molecular formula is C25H29BN4O5S. The third-order valence-corrected chi connectivity index (χ3v) is 7.46. The van der Waals surface area contributed by atoms with Crippen LogP contribution in [0.4, 0.5) is 11.5 Å². The number of anilines is 2. The smallest absolute Gasteiger partial charge is 0.426 e. The zero-order chi connectivity index (χ0) is 25.5. The molecule has 1 amide bonds. The molecule has 2 aromatic carbocycles. The molecule has 9 nitrogen and oxygen atoms in total. The van der Waals surface area contributed by atoms with Crippen LogP contribution < -0.4 is 15.4 Å². The van der Waals surface area contributed by atoms with Gasteiger partial charge in [0.25, 0.3) is 0 Å². The van der Waals surface area contributed by atoms with Crippen LogP contribution >= 0.6 is 0 Å². The van der Waals surface area contributed by atoms with Gasteiger partial charge in [-0.25, -0.2) is 13.4 Å². The van der Waals surface area contributed by atoms with Crippen molar-refractivity contribution in [3.05, 3.63) is 84.6 Å². The number of carbonyl (C=O) groups excluding carboxylic acids is 1. The fourth-order valence-electron chi connectivity index (χ4n) is 3.85. The summed E-state index contributed by atoms with van der Waals surface area (Å²) in [5.74, 6) is -0.531. The van der Waals surface area contributed by atoms with Gasteiger partial charge in [0.2, 0.25) is 15.9 Å². The van der Waals surface area contributed by atoms with Gasteiger partial charge in [-0.3, -0.25) is 4.79 Å². The first-order valence-electron chi connectivity index (χ1n) is 11.8. The van der Waals surface area contributed by atoms with Crippen LogP contribution in [0.25, 0.3) is 0 Å². The zero-order valence-electron chi connectivity index (χ0n) is 19.6. The predicted molar refractivity (Wildman–Crippen MR) is 138 cm³/mol. The molecule has 0 unspecified atom stereocenters. The van der Waals surface area contributed by atoms with E-state index in [4.69, 9.17) is 0 Å². The Bertz CT molecular complexity index is 1240. The summed E-state index contributed by atoms with van der Waals surface area (Å²) in [5.41, 5.74) is 1.42. The fraction of sp³-hybridized carbons (Fsp3) is 0.280. The van der Waals surface area contributed by atoms with Crippen LogP contribution in [-0.2, 0) is 21.2 Å². The summed E-state index contributed by atoms with van der Waals surface area (Å²) >= 11 is 0. The minimum Gasteiger partial charge on any atom is -0.426 e. The topological polar surface area (TPSA) is 141 Å². The van der Waals surface area contributed by atoms with Gasteiger partial charge >= 0.3 is 7.12 Å². The first-order valence-corrected chi connectivity index (χ1v) is 13.3. The Morgan fingerprint density at radius 2 is 1.69 bits per heavy atom. The van der Waals surface area contributed by atoms with E-state index in [2.05, 4.69) is 20.3 Å². The van der Waals surface area contributed by atoms with Crippen molar-refractivity contribution in [2.75, 3.05) is 5.32 Å². The highest BCUT2D eigenvalue weighted by Crippen LogP contribution is 2.33. The van der Waals surface area contributed by atoms with Gasteiger partial charge in [0, 0.05) is 11.9 Å². The Morgan fingerprint density at radius 1 is 1.00 bits per heavy atom. The van der Waals surface area contributed by atoms with Crippen molar-refractivity contribution in [3.63, 3.8) is 0 Å². The summed E-state index contributed by atoms with van der Waals surface area (Å²) in [6, 6.07) is 19.4. The third kappa shape index (κ3) is 7.38. The van der Waals surface area contributed by atoms with Crippen molar-refractivity contribution >= 4 is 34.6 Å². The van der Waals surface area contributed by atoms with Crippen molar-refractivity contribution in [2.45, 2.75) is 42.6 Å². The summed E-state index contributed by atoms with van der Waals surface area (Å²) in [7, 11) is -5.79. The Kier molecular flexibility index (Phi) is 8.37. The number of sulfonamides is 1. The second kappa shape index (κ2) is 11.7. The molecule has 3 aromatic rings. The number of hydrogen-bond acceptors (Lipinski definition) is 7. The molecule has 1 fully saturated rings. The van der Waals surface area contributed by atoms with Crippen molar-refractivity contribution < 1.29 is 23.3 Å². The van der Waals surface area contributed by atoms with Gasteiger partial charge in [-0.2, -0.15) is 4.72 Å². The molecule has 188 valence electrons. The highest BCUT2D eigenvalue weighted by atomic mass is 32.2. The minimum atomic E-state index is -4.06. The molecule has 5 N–H and O–H groups in total. The van der Waals surface area contributed by atoms with Crippen LogP contribution in [0, 0.1) is 5.92 Å². The van der Waals surface area contributed by atoms with Crippen molar-refractivity contribution in [2.24, 2.45) is 5.92 Å². The molecule has 0 radical (unpaired) electrons. The normalized spacial score (nSPS) is 15.1. The van der Waals surface area contributed by atoms with Gasteiger partial charge in [0.1, 0.15) is 11.9 Å². The molecule has 1 aliphatic carbocycles. The third-order valence-electron chi connectivity index (χ3n) is 5.97. The molecule has 0 spiro atoms. The van der Waals surface area contributed by atoms with Crippen LogP contribution in [0.3, 0.4) is 0 Å². The number of nitrogens with zero attached hydrogens (tertiary/aromatic N) is 1. The number of nitrogens with one attached hydrogen (secondary N) is 3. The second-order valence-electron chi connectivity index (χ2n) is 8.94. The van der Waals surface area contributed by atoms with Crippen molar-refractivity contribution in [1.82, 2.24) is 15.0 Å². The second-order valence-corrected chi connectivity index (χ2v) is 10.6. The van der Waals surface area contributed by atoms with Gasteiger partial charge in [0.15, 0.2) is 0 Å². The average Bonchev–Trinajstić information content (AvgIpc) is 3.69. The number of carbonyl (C=O) groups is 1. The number of aromatic nitrogens is 1. The molecule has 1 aliphatic rings. The minimum absolute atomic E-state index is 0.00310. The summed E-state index contributed by atoms with van der Waals surface area (Å²) in [5, 5.41) is 25.2. The summed E-state index contributed by atoms with van der Waals surface area (Å²) in [4.78, 5) is 17.3. The first kappa shape index (κ1) is 25.8. The molecular weight excluding hydrogens is 479 g/mol. The van der Waals surface area contributed by atoms with Crippen LogP contribution in [0.5, 0.6) is 0 Å². The number of hydrogen-bond donors (Lipinski definition) is 5. The molecule has 0 aliphatic heterocycles. The lowest BCUT2D eigenvalue weighted by atomic mass is 9.76. The van der Waals surface area contributed by atoms with E-state index in [9.17, 15) is 23.3 Å². The standard InChI is InChI=1S/C25H29BN4O5S/c31-25(29-23(26(32)33)17-19-9-10-19)22(16-18-6-2-1-3-7-18)30-36(34,35)21-13-11-20(12-14-21)28-24-8-4-5-15-27-24/h1-8,11-15,19,22-23,30,32-33H,9-10,16-17H2,(H,27,28)(H,29,31)/t22-,23-/m0/s1. The number of rotatable bonds is 12. The Morgan fingerprint density at radius 3 is 2.31 bits per heavy atom. The van der Waals surface area contributed by atoms with Gasteiger partial charge in [0.05, 0.1) is 10.8 Å². The van der Waals surface area contributed by atoms with E-state index >= 15 is 0 Å². The maximum atomic E-state index is 13.2. The molecule has 4 rings (SSSR count). The lowest BCUT2D eigenvalue weighted by Crippen LogP contribution is -2.54. The Hall–Kier alpha value is -3.25. The molecule has 11 heteroatoms. The predicted octanol–water partition coefficient (Wildman–Crippen LogP) is 2.01. The molecule has 2 atom stereocenters. The molecule has 0 saturated heterocycles. The Balaban J connectivity index is 1.50. The molecule has 1 heterocycles. The lowest BCUT2D eigenvalue weighted by Gasteiger charge is -2.23. The zero-order valence-corrected chi connectivity index (χ0v) is 20.4. The van der Waals surface area contributed by atoms with E-state index in [0.717, 1.165) is 18.4 Å². The van der Waals surface area contributed by atoms with Crippen LogP contribution in [-0.4, -0.2) is 48.5 Å². The number of amides is 1. The van der Waals surface area contributed by atoms with Gasteiger partial charge in [-0.05, 0) is 60.7 Å². The van der Waals surface area contributed by atoms with Crippen LogP contribution in [0.15, 0.2) is 83.9 Å². The molecule has 1 aromatic heterocycles. The summed E-state index contributed by atoms with van der Waals surface area (Å²) in [6.07, 6.45) is 4.13. The number of pyridine rings is 1. The largest absolute Gasteiger partial charge is 0.475 e. The van der Waals surface area contributed by atoms with Crippen LogP contribution in [0.1, 0.15) is 24.8 Å².